The molecule has 0 spiro atoms. The lowest BCUT2D eigenvalue weighted by atomic mass is 9.89. The third kappa shape index (κ3) is 5.06. The number of phenols is 7. The van der Waals surface area contributed by atoms with E-state index in [4.69, 9.17) is 13.9 Å². The topological polar surface area (TPSA) is 268 Å². The van der Waals surface area contributed by atoms with Gasteiger partial charge in [-0.3, -0.25) is 4.79 Å². The van der Waals surface area contributed by atoms with Gasteiger partial charge in [0.25, 0.3) is 0 Å². The summed E-state index contributed by atoms with van der Waals surface area (Å²) in [5, 5.41) is 101. The van der Waals surface area contributed by atoms with E-state index in [9.17, 15) is 60.7 Å². The van der Waals surface area contributed by atoms with Crippen molar-refractivity contribution in [2.75, 3.05) is 6.61 Å². The van der Waals surface area contributed by atoms with E-state index in [0.717, 1.165) is 36.4 Å². The highest BCUT2D eigenvalue weighted by atomic mass is 16.6. The maximum atomic E-state index is 13.1. The van der Waals surface area contributed by atoms with Crippen LogP contribution in [-0.2, 0) is 9.47 Å². The molecule has 1 aliphatic heterocycles. The number of esters is 1. The molecule has 2 heterocycles. The Bertz CT molecular complexity index is 1770. The molecule has 226 valence electrons. The number of carbonyl (C=O) groups is 1. The van der Waals surface area contributed by atoms with Crippen LogP contribution in [0.15, 0.2) is 51.7 Å². The minimum atomic E-state index is -2.01. The van der Waals surface area contributed by atoms with E-state index in [2.05, 4.69) is 0 Å². The zero-order valence-corrected chi connectivity index (χ0v) is 21.6. The molecule has 5 atom stereocenters. The number of ether oxygens (including phenoxy) is 2. The summed E-state index contributed by atoms with van der Waals surface area (Å²) in [6, 6.07) is 6.64. The molecule has 4 aromatic rings. The fourth-order valence-electron chi connectivity index (χ4n) is 4.78. The Morgan fingerprint density at radius 2 is 1.47 bits per heavy atom. The second kappa shape index (κ2) is 10.9. The van der Waals surface area contributed by atoms with E-state index in [1.165, 1.54) is 6.07 Å². The first-order valence-electron chi connectivity index (χ1n) is 12.5. The van der Waals surface area contributed by atoms with Gasteiger partial charge in [0, 0.05) is 17.7 Å². The van der Waals surface area contributed by atoms with Crippen LogP contribution in [-0.4, -0.2) is 88.1 Å². The maximum absolute atomic E-state index is 13.1. The van der Waals surface area contributed by atoms with Crippen molar-refractivity contribution in [1.82, 2.24) is 0 Å². The van der Waals surface area contributed by atoms with Gasteiger partial charge in [-0.25, -0.2) is 4.79 Å². The van der Waals surface area contributed by atoms with E-state index in [-0.39, 0.29) is 11.3 Å². The first-order valence-corrected chi connectivity index (χ1v) is 12.5. The van der Waals surface area contributed by atoms with Crippen LogP contribution in [0.4, 0.5) is 0 Å². The van der Waals surface area contributed by atoms with E-state index in [1.807, 2.05) is 0 Å². The van der Waals surface area contributed by atoms with E-state index in [0.29, 0.717) is 0 Å². The van der Waals surface area contributed by atoms with Crippen molar-refractivity contribution in [2.24, 2.45) is 0 Å². The SMILES string of the molecule is O=C(OC1C(c2c(O)cc(O)c3c(=O)cc(-c4ccc(O)c(O)c4)oc23)OC(CO)C(O)C1O)c1cc(O)c(O)c(O)c1. The summed E-state index contributed by atoms with van der Waals surface area (Å²) in [4.78, 5) is 26.1. The lowest BCUT2D eigenvalue weighted by Crippen LogP contribution is -2.56. The number of rotatable bonds is 5. The summed E-state index contributed by atoms with van der Waals surface area (Å²) in [5.41, 5.74) is -2.28. The van der Waals surface area contributed by atoms with Gasteiger partial charge in [0.2, 0.25) is 0 Å². The molecule has 0 radical (unpaired) electrons. The lowest BCUT2D eigenvalue weighted by Gasteiger charge is -2.42. The van der Waals surface area contributed by atoms with Crippen LogP contribution in [0, 0.1) is 0 Å². The molecule has 0 bridgehead atoms. The van der Waals surface area contributed by atoms with Crippen molar-refractivity contribution < 1.29 is 69.8 Å². The van der Waals surface area contributed by atoms with Gasteiger partial charge in [-0.15, -0.1) is 0 Å². The Kier molecular flexibility index (Phi) is 7.41. The number of hydrogen-bond acceptors (Lipinski definition) is 15. The Labute approximate surface area is 239 Å². The molecule has 0 amide bonds. The highest BCUT2D eigenvalue weighted by molar-refractivity contribution is 5.92. The Morgan fingerprint density at radius 1 is 0.791 bits per heavy atom. The van der Waals surface area contributed by atoms with Crippen LogP contribution in [0.1, 0.15) is 22.0 Å². The zero-order valence-electron chi connectivity index (χ0n) is 21.6. The molecule has 15 heteroatoms. The van der Waals surface area contributed by atoms with Gasteiger partial charge in [-0.1, -0.05) is 0 Å². The van der Waals surface area contributed by atoms with Gasteiger partial charge < -0.3 is 65.0 Å². The second-order valence-corrected chi connectivity index (χ2v) is 9.70. The van der Waals surface area contributed by atoms with Gasteiger partial charge in [0.05, 0.1) is 17.7 Å². The summed E-state index contributed by atoms with van der Waals surface area (Å²) in [6.07, 6.45) is -9.11. The number of benzene rings is 3. The number of phenolic OH excluding ortho intramolecular Hbond substituents is 7. The predicted octanol–water partition coefficient (Wildman–Crippen LogP) is 0.779. The Hall–Kier alpha value is -5.22. The van der Waals surface area contributed by atoms with Crippen molar-refractivity contribution >= 4 is 16.9 Å². The van der Waals surface area contributed by atoms with E-state index in [1.54, 1.807) is 0 Å². The summed E-state index contributed by atoms with van der Waals surface area (Å²) < 4.78 is 16.9. The second-order valence-electron chi connectivity index (χ2n) is 9.70. The first-order chi connectivity index (χ1) is 20.3. The van der Waals surface area contributed by atoms with Gasteiger partial charge in [-0.05, 0) is 30.3 Å². The molecule has 5 rings (SSSR count). The molecule has 0 aliphatic carbocycles. The molecule has 15 nitrogen and oxygen atoms in total. The molecule has 1 aliphatic rings. The van der Waals surface area contributed by atoms with Crippen LogP contribution < -0.4 is 5.43 Å². The van der Waals surface area contributed by atoms with Crippen molar-refractivity contribution in [2.45, 2.75) is 30.5 Å². The Balaban J connectivity index is 1.69. The molecular weight excluding hydrogens is 576 g/mol. The van der Waals surface area contributed by atoms with Crippen LogP contribution in [0.25, 0.3) is 22.3 Å². The van der Waals surface area contributed by atoms with Crippen LogP contribution in [0.2, 0.25) is 0 Å². The van der Waals surface area contributed by atoms with Crippen molar-refractivity contribution in [1.29, 1.82) is 0 Å². The Morgan fingerprint density at radius 3 is 2.09 bits per heavy atom. The summed E-state index contributed by atoms with van der Waals surface area (Å²) >= 11 is 0. The minimum Gasteiger partial charge on any atom is -0.507 e. The van der Waals surface area contributed by atoms with Crippen molar-refractivity contribution in [3.63, 3.8) is 0 Å². The molecular formula is C28H24O15. The fourth-order valence-corrected chi connectivity index (χ4v) is 4.78. The number of hydrogen-bond donors (Lipinski definition) is 10. The zero-order chi connectivity index (χ0) is 31.3. The normalized spacial score (nSPS) is 22.0. The number of carbonyl (C=O) groups excluding carboxylic acids is 1. The smallest absolute Gasteiger partial charge is 0.338 e. The average Bonchev–Trinajstić information content (AvgIpc) is 2.95. The van der Waals surface area contributed by atoms with E-state index >= 15 is 0 Å². The number of fused-ring (bicyclic) bond motifs is 1. The minimum absolute atomic E-state index is 0.0752. The molecule has 10 N–H and O–H groups in total. The van der Waals surface area contributed by atoms with Crippen molar-refractivity contribution in [3.05, 3.63) is 63.8 Å². The molecule has 1 saturated heterocycles. The standard InChI is InChI=1S/C28H24O15/c29-8-19-23(38)24(39)27(43-28(40)10-4-16(35)22(37)17(36)5-10)26(42-19)21-14(33)6-13(32)20-15(34)7-18(41-25(20)21)9-1-2-11(30)12(31)3-9/h1-7,19,23-24,26-27,29-33,35-39H,8H2. The number of aromatic hydroxyl groups is 7. The maximum Gasteiger partial charge on any atom is 0.338 e. The monoisotopic (exact) mass is 600 g/mol. The predicted molar refractivity (Wildman–Crippen MR) is 142 cm³/mol. The molecule has 5 unspecified atom stereocenters. The third-order valence-corrected chi connectivity index (χ3v) is 6.96. The molecule has 1 aromatic heterocycles. The van der Waals surface area contributed by atoms with Crippen LogP contribution in [0.3, 0.4) is 0 Å². The lowest BCUT2D eigenvalue weighted by molar-refractivity contribution is -0.231. The highest BCUT2D eigenvalue weighted by Crippen LogP contribution is 2.45. The van der Waals surface area contributed by atoms with Crippen LogP contribution >= 0.6 is 0 Å². The van der Waals surface area contributed by atoms with Crippen molar-refractivity contribution in [3.8, 4) is 51.6 Å². The summed E-state index contributed by atoms with van der Waals surface area (Å²) in [7, 11) is 0. The quantitative estimate of drug-likeness (QED) is 0.112. The first kappa shape index (κ1) is 29.3. The van der Waals surface area contributed by atoms with Gasteiger partial charge in [0.15, 0.2) is 45.9 Å². The van der Waals surface area contributed by atoms with Crippen LogP contribution in [0.5, 0.6) is 40.2 Å². The largest absolute Gasteiger partial charge is 0.507 e. The average molecular weight is 600 g/mol. The highest BCUT2D eigenvalue weighted by Gasteiger charge is 2.49. The van der Waals surface area contributed by atoms with Gasteiger partial charge in [0.1, 0.15) is 47.1 Å². The molecule has 3 aromatic carbocycles. The van der Waals surface area contributed by atoms with Gasteiger partial charge in [-0.2, -0.15) is 0 Å². The van der Waals surface area contributed by atoms with Gasteiger partial charge >= 0.3 is 5.97 Å². The molecule has 43 heavy (non-hydrogen) atoms. The summed E-state index contributed by atoms with van der Waals surface area (Å²) in [5.74, 6) is -6.79. The number of aliphatic hydroxyl groups excluding tert-OH is 3. The third-order valence-electron chi connectivity index (χ3n) is 6.96. The van der Waals surface area contributed by atoms with E-state index < -0.39 is 111 Å². The fraction of sp³-hybridized carbons (Fsp3) is 0.214. The number of aliphatic hydroxyl groups is 3. The summed E-state index contributed by atoms with van der Waals surface area (Å²) in [6.45, 7) is -0.867. The molecule has 0 saturated carbocycles. The molecule has 1 fully saturated rings.